The molecule has 3 amide bonds. The maximum atomic E-state index is 13.2. The molecule has 10 nitrogen and oxygen atoms in total. The van der Waals surface area contributed by atoms with Crippen LogP contribution in [0.15, 0.2) is 66.7 Å². The number of hydrogen-bond donors (Lipinski definition) is 3. The summed E-state index contributed by atoms with van der Waals surface area (Å²) >= 11 is 0. The Kier molecular flexibility index (Phi) is 9.47. The fourth-order valence-electron chi connectivity index (χ4n) is 4.51. The molecule has 0 aliphatic carbocycles. The molecular weight excluding hydrogens is 498 g/mol. The van der Waals surface area contributed by atoms with E-state index in [1.165, 1.54) is 0 Å². The second-order valence-electron chi connectivity index (χ2n) is 8.94. The maximum Gasteiger partial charge on any atom is 0.323 e. The SMILES string of the molecule is COCCNC(=O)c1cc(NC(=O)Nc2cccc(OC)c2)ccc1N1CCN(c2ccccc2OC)CC1. The molecule has 1 aliphatic heterocycles. The Labute approximate surface area is 228 Å². The molecule has 10 heteroatoms. The Bertz CT molecular complexity index is 1280. The van der Waals surface area contributed by atoms with Crippen molar-refractivity contribution in [3.8, 4) is 11.5 Å². The molecule has 0 saturated carbocycles. The van der Waals surface area contributed by atoms with E-state index in [0.29, 0.717) is 35.8 Å². The number of nitrogens with one attached hydrogen (secondary N) is 3. The first-order valence-electron chi connectivity index (χ1n) is 12.8. The molecule has 0 atom stereocenters. The smallest absolute Gasteiger partial charge is 0.323 e. The van der Waals surface area contributed by atoms with E-state index in [-0.39, 0.29) is 5.91 Å². The first kappa shape index (κ1) is 27.6. The molecule has 1 aliphatic rings. The number of rotatable bonds is 10. The number of carbonyl (C=O) groups excluding carboxylic acids is 2. The van der Waals surface area contributed by atoms with Crippen LogP contribution in [0.25, 0.3) is 0 Å². The number of nitrogens with zero attached hydrogens (tertiary/aromatic N) is 2. The van der Waals surface area contributed by atoms with Crippen molar-refractivity contribution in [3.63, 3.8) is 0 Å². The summed E-state index contributed by atoms with van der Waals surface area (Å²) in [5, 5.41) is 8.52. The average molecular weight is 534 g/mol. The van der Waals surface area contributed by atoms with Crippen molar-refractivity contribution in [1.82, 2.24) is 5.32 Å². The van der Waals surface area contributed by atoms with Crippen LogP contribution in [0, 0.1) is 0 Å². The molecule has 1 heterocycles. The Morgan fingerprint density at radius 1 is 0.769 bits per heavy atom. The van der Waals surface area contributed by atoms with Crippen LogP contribution in [0.5, 0.6) is 11.5 Å². The highest BCUT2D eigenvalue weighted by molar-refractivity contribution is 6.04. The third-order valence-corrected chi connectivity index (χ3v) is 6.46. The van der Waals surface area contributed by atoms with Crippen LogP contribution in [-0.4, -0.2) is 72.6 Å². The zero-order chi connectivity index (χ0) is 27.6. The third kappa shape index (κ3) is 7.11. The van der Waals surface area contributed by atoms with Gasteiger partial charge in [0.05, 0.1) is 32.1 Å². The number of urea groups is 1. The first-order chi connectivity index (χ1) is 19.0. The Morgan fingerprint density at radius 3 is 2.15 bits per heavy atom. The van der Waals surface area contributed by atoms with E-state index in [1.807, 2.05) is 24.3 Å². The number of amides is 3. The van der Waals surface area contributed by atoms with Crippen LogP contribution >= 0.6 is 0 Å². The van der Waals surface area contributed by atoms with Gasteiger partial charge in [-0.2, -0.15) is 0 Å². The monoisotopic (exact) mass is 533 g/mol. The van der Waals surface area contributed by atoms with Gasteiger partial charge in [-0.3, -0.25) is 4.79 Å². The summed E-state index contributed by atoms with van der Waals surface area (Å²) in [5.41, 5.74) is 3.44. The van der Waals surface area contributed by atoms with E-state index in [0.717, 1.165) is 43.3 Å². The van der Waals surface area contributed by atoms with Crippen LogP contribution in [0.3, 0.4) is 0 Å². The predicted octanol–water partition coefficient (Wildman–Crippen LogP) is 4.05. The molecule has 1 saturated heterocycles. The number of piperazine rings is 1. The highest BCUT2D eigenvalue weighted by Crippen LogP contribution is 2.31. The average Bonchev–Trinajstić information content (AvgIpc) is 2.97. The standard InChI is InChI=1S/C29H35N5O5/c1-37-18-13-30-28(35)24-20-22(32-29(36)31-21-7-6-8-23(19-21)38-2)11-12-25(24)33-14-16-34(17-15-33)26-9-4-5-10-27(26)39-3/h4-12,19-20H,13-18H2,1-3H3,(H,30,35)(H2,31,32,36). The highest BCUT2D eigenvalue weighted by atomic mass is 16.5. The van der Waals surface area contributed by atoms with Crippen molar-refractivity contribution < 1.29 is 23.8 Å². The lowest BCUT2D eigenvalue weighted by Gasteiger charge is -2.38. The Balaban J connectivity index is 1.49. The minimum atomic E-state index is -0.424. The molecule has 0 radical (unpaired) electrons. The zero-order valence-electron chi connectivity index (χ0n) is 22.5. The van der Waals surface area contributed by atoms with Crippen molar-refractivity contribution in [3.05, 3.63) is 72.3 Å². The molecule has 0 aromatic heterocycles. The fraction of sp³-hybridized carbons (Fsp3) is 0.310. The molecule has 0 bridgehead atoms. The predicted molar refractivity (Wildman–Crippen MR) is 154 cm³/mol. The summed E-state index contributed by atoms with van der Waals surface area (Å²) in [6, 6.07) is 20.0. The normalized spacial score (nSPS) is 13.0. The second kappa shape index (κ2) is 13.4. The van der Waals surface area contributed by atoms with Gasteiger partial charge >= 0.3 is 6.03 Å². The minimum Gasteiger partial charge on any atom is -0.497 e. The number of benzene rings is 3. The quantitative estimate of drug-likeness (QED) is 0.338. The third-order valence-electron chi connectivity index (χ3n) is 6.46. The van der Waals surface area contributed by atoms with Gasteiger partial charge in [0.25, 0.3) is 5.91 Å². The van der Waals surface area contributed by atoms with Crippen LogP contribution < -0.4 is 35.2 Å². The molecule has 39 heavy (non-hydrogen) atoms. The summed E-state index contributed by atoms with van der Waals surface area (Å²) in [5.74, 6) is 1.25. The van der Waals surface area contributed by atoms with Gasteiger partial charge in [-0.25, -0.2) is 4.79 Å². The highest BCUT2D eigenvalue weighted by Gasteiger charge is 2.24. The van der Waals surface area contributed by atoms with Crippen molar-refractivity contribution in [2.75, 3.05) is 81.1 Å². The molecule has 4 rings (SSSR count). The minimum absolute atomic E-state index is 0.230. The van der Waals surface area contributed by atoms with Gasteiger partial charge in [0.2, 0.25) is 0 Å². The fourth-order valence-corrected chi connectivity index (χ4v) is 4.51. The Morgan fingerprint density at radius 2 is 1.46 bits per heavy atom. The van der Waals surface area contributed by atoms with Crippen molar-refractivity contribution in [2.45, 2.75) is 0 Å². The van der Waals surface area contributed by atoms with Gasteiger partial charge in [0.1, 0.15) is 11.5 Å². The number of para-hydroxylation sites is 2. The van der Waals surface area contributed by atoms with Gasteiger partial charge in [-0.05, 0) is 42.5 Å². The number of carbonyl (C=O) groups is 2. The van der Waals surface area contributed by atoms with Gasteiger partial charge < -0.3 is 40.0 Å². The van der Waals surface area contributed by atoms with E-state index in [4.69, 9.17) is 14.2 Å². The summed E-state index contributed by atoms with van der Waals surface area (Å²) < 4.78 is 15.8. The molecule has 1 fully saturated rings. The van der Waals surface area contributed by atoms with Gasteiger partial charge in [-0.1, -0.05) is 18.2 Å². The molecule has 3 N–H and O–H groups in total. The summed E-state index contributed by atoms with van der Waals surface area (Å²) in [6.45, 7) is 3.77. The van der Waals surface area contributed by atoms with Crippen LogP contribution in [0.1, 0.15) is 10.4 Å². The molecule has 0 spiro atoms. The largest absolute Gasteiger partial charge is 0.497 e. The van der Waals surface area contributed by atoms with Crippen molar-refractivity contribution in [2.24, 2.45) is 0 Å². The molecule has 206 valence electrons. The lowest BCUT2D eigenvalue weighted by molar-refractivity contribution is 0.0937. The van der Waals surface area contributed by atoms with Crippen LogP contribution in [0.4, 0.5) is 27.5 Å². The second-order valence-corrected chi connectivity index (χ2v) is 8.94. The van der Waals surface area contributed by atoms with E-state index < -0.39 is 6.03 Å². The molecule has 3 aromatic carbocycles. The van der Waals surface area contributed by atoms with Crippen molar-refractivity contribution in [1.29, 1.82) is 0 Å². The number of anilines is 4. The van der Waals surface area contributed by atoms with E-state index >= 15 is 0 Å². The van der Waals surface area contributed by atoms with Crippen LogP contribution in [0.2, 0.25) is 0 Å². The first-order valence-corrected chi connectivity index (χ1v) is 12.8. The van der Waals surface area contributed by atoms with Crippen molar-refractivity contribution >= 4 is 34.7 Å². The van der Waals surface area contributed by atoms with Gasteiger partial charge in [0.15, 0.2) is 0 Å². The van der Waals surface area contributed by atoms with E-state index in [1.54, 1.807) is 57.7 Å². The molecular formula is C29H35N5O5. The number of methoxy groups -OCH3 is 3. The lowest BCUT2D eigenvalue weighted by Crippen LogP contribution is -2.47. The zero-order valence-corrected chi connectivity index (χ0v) is 22.5. The van der Waals surface area contributed by atoms with Gasteiger partial charge in [0, 0.05) is 63.0 Å². The summed E-state index contributed by atoms with van der Waals surface area (Å²) in [6.07, 6.45) is 0. The lowest BCUT2D eigenvalue weighted by atomic mass is 10.1. The summed E-state index contributed by atoms with van der Waals surface area (Å²) in [4.78, 5) is 30.3. The number of hydrogen-bond acceptors (Lipinski definition) is 7. The molecule has 3 aromatic rings. The molecule has 0 unspecified atom stereocenters. The van der Waals surface area contributed by atoms with Gasteiger partial charge in [-0.15, -0.1) is 0 Å². The van der Waals surface area contributed by atoms with E-state index in [2.05, 4.69) is 31.8 Å². The van der Waals surface area contributed by atoms with E-state index in [9.17, 15) is 9.59 Å². The Hall–Kier alpha value is -4.44. The summed E-state index contributed by atoms with van der Waals surface area (Å²) in [7, 11) is 4.83. The topological polar surface area (TPSA) is 104 Å². The maximum absolute atomic E-state index is 13.2. The number of ether oxygens (including phenoxy) is 3. The van der Waals surface area contributed by atoms with Crippen LogP contribution in [-0.2, 0) is 4.74 Å².